The van der Waals surface area contributed by atoms with Crippen molar-refractivity contribution in [3.05, 3.63) is 42.5 Å². The highest BCUT2D eigenvalue weighted by molar-refractivity contribution is 5.90. The maximum absolute atomic E-state index is 12.8. The summed E-state index contributed by atoms with van der Waals surface area (Å²) < 4.78 is 0. The predicted octanol–water partition coefficient (Wildman–Crippen LogP) is 2.25. The van der Waals surface area contributed by atoms with Crippen LogP contribution in [0.2, 0.25) is 0 Å². The van der Waals surface area contributed by atoms with E-state index in [0.717, 1.165) is 48.1 Å². The number of anilines is 2. The van der Waals surface area contributed by atoms with Crippen LogP contribution >= 0.6 is 0 Å². The second kappa shape index (κ2) is 11.2. The number of H-pyrrole nitrogens is 1. The van der Waals surface area contributed by atoms with E-state index < -0.39 is 6.04 Å². The lowest BCUT2D eigenvalue weighted by molar-refractivity contribution is -0.128. The highest BCUT2D eigenvalue weighted by Gasteiger charge is 2.25. The third kappa shape index (κ3) is 6.46. The number of rotatable bonds is 9. The second-order valence-corrected chi connectivity index (χ2v) is 9.42. The van der Waals surface area contributed by atoms with Gasteiger partial charge in [0.1, 0.15) is 11.9 Å². The molecule has 2 heterocycles. The van der Waals surface area contributed by atoms with Crippen molar-refractivity contribution in [3.63, 3.8) is 0 Å². The van der Waals surface area contributed by atoms with Crippen LogP contribution in [0.1, 0.15) is 38.3 Å². The first-order chi connectivity index (χ1) is 16.9. The minimum atomic E-state index is -0.623. The molecule has 4 N–H and O–H groups in total. The normalized spacial score (nSPS) is 18.6. The minimum Gasteiger partial charge on any atom is -0.362 e. The molecular formula is C25H34N8O2. The van der Waals surface area contributed by atoms with Crippen LogP contribution in [-0.2, 0) is 16.0 Å². The van der Waals surface area contributed by atoms with Gasteiger partial charge in [0.2, 0.25) is 17.8 Å². The number of aromatic amines is 1. The molecule has 0 saturated heterocycles. The first kappa shape index (κ1) is 24.4. The molecule has 1 aromatic carbocycles. The van der Waals surface area contributed by atoms with Crippen LogP contribution in [0.5, 0.6) is 0 Å². The Kier molecular flexibility index (Phi) is 7.79. The SMILES string of the molecule is CC(=O)NC(Cc1cnc[nH]1)C(=O)NCC1CCC(Nc2nc(N(C)C)c3ccccc3n2)CC1. The van der Waals surface area contributed by atoms with Crippen molar-refractivity contribution >= 4 is 34.5 Å². The van der Waals surface area contributed by atoms with Gasteiger partial charge in [0, 0.05) is 57.3 Å². The van der Waals surface area contributed by atoms with Crippen LogP contribution < -0.4 is 20.9 Å². The monoisotopic (exact) mass is 478 g/mol. The van der Waals surface area contributed by atoms with Crippen LogP contribution in [0.4, 0.5) is 11.8 Å². The average molecular weight is 479 g/mol. The van der Waals surface area contributed by atoms with Crippen LogP contribution in [-0.4, -0.2) is 64.5 Å². The smallest absolute Gasteiger partial charge is 0.242 e. The number of nitrogens with zero attached hydrogens (tertiary/aromatic N) is 4. The summed E-state index contributed by atoms with van der Waals surface area (Å²) in [7, 11) is 3.98. The van der Waals surface area contributed by atoms with Crippen LogP contribution in [0, 0.1) is 5.92 Å². The molecule has 0 aliphatic heterocycles. The maximum atomic E-state index is 12.8. The summed E-state index contributed by atoms with van der Waals surface area (Å²) >= 11 is 0. The van der Waals surface area contributed by atoms with Gasteiger partial charge in [-0.3, -0.25) is 9.59 Å². The van der Waals surface area contributed by atoms with E-state index in [2.05, 4.69) is 25.9 Å². The minimum absolute atomic E-state index is 0.171. The molecule has 2 aromatic heterocycles. The van der Waals surface area contributed by atoms with Crippen molar-refractivity contribution in [2.45, 2.75) is 51.1 Å². The summed E-state index contributed by atoms with van der Waals surface area (Å²) in [5.41, 5.74) is 1.73. The Bertz CT molecular complexity index is 1140. The number of carbonyl (C=O) groups excluding carboxylic acids is 2. The maximum Gasteiger partial charge on any atom is 0.242 e. The van der Waals surface area contributed by atoms with Gasteiger partial charge in [0.15, 0.2) is 0 Å². The van der Waals surface area contributed by atoms with Crippen molar-refractivity contribution in [1.29, 1.82) is 0 Å². The summed E-state index contributed by atoms with van der Waals surface area (Å²) in [6.45, 7) is 2.02. The van der Waals surface area contributed by atoms with Gasteiger partial charge in [-0.1, -0.05) is 12.1 Å². The Morgan fingerprint density at radius 2 is 1.91 bits per heavy atom. The fraction of sp³-hybridized carbons (Fsp3) is 0.480. The molecule has 4 rings (SSSR count). The summed E-state index contributed by atoms with van der Waals surface area (Å²) in [5.74, 6) is 1.55. The zero-order valence-corrected chi connectivity index (χ0v) is 20.5. The zero-order chi connectivity index (χ0) is 24.8. The Labute approximate surface area is 205 Å². The molecule has 0 bridgehead atoms. The topological polar surface area (TPSA) is 128 Å². The molecule has 10 heteroatoms. The van der Waals surface area contributed by atoms with E-state index in [0.29, 0.717) is 30.9 Å². The van der Waals surface area contributed by atoms with E-state index in [1.54, 1.807) is 12.5 Å². The van der Waals surface area contributed by atoms with Gasteiger partial charge < -0.3 is 25.8 Å². The Hall–Kier alpha value is -3.69. The van der Waals surface area contributed by atoms with Gasteiger partial charge in [0.05, 0.1) is 11.8 Å². The molecule has 1 saturated carbocycles. The van der Waals surface area contributed by atoms with E-state index in [1.807, 2.05) is 43.3 Å². The molecule has 1 fully saturated rings. The molecule has 1 aliphatic rings. The third-order valence-corrected chi connectivity index (χ3v) is 6.42. The van der Waals surface area contributed by atoms with Gasteiger partial charge in [0.25, 0.3) is 0 Å². The molecule has 1 unspecified atom stereocenters. The van der Waals surface area contributed by atoms with Crippen molar-refractivity contribution < 1.29 is 9.59 Å². The van der Waals surface area contributed by atoms with Crippen molar-refractivity contribution in [2.75, 3.05) is 30.9 Å². The number of nitrogens with one attached hydrogen (secondary N) is 4. The number of benzene rings is 1. The van der Waals surface area contributed by atoms with Gasteiger partial charge in [-0.05, 0) is 43.7 Å². The van der Waals surface area contributed by atoms with E-state index >= 15 is 0 Å². The zero-order valence-electron chi connectivity index (χ0n) is 20.5. The van der Waals surface area contributed by atoms with E-state index in [4.69, 9.17) is 9.97 Å². The van der Waals surface area contributed by atoms with Crippen molar-refractivity contribution in [2.24, 2.45) is 5.92 Å². The highest BCUT2D eigenvalue weighted by Crippen LogP contribution is 2.28. The molecule has 3 aromatic rings. The molecule has 0 radical (unpaired) electrons. The lowest BCUT2D eigenvalue weighted by atomic mass is 9.86. The number of hydrogen-bond donors (Lipinski definition) is 4. The summed E-state index contributed by atoms with van der Waals surface area (Å²) in [6.07, 6.45) is 7.57. The molecule has 35 heavy (non-hydrogen) atoms. The molecule has 1 atom stereocenters. The van der Waals surface area contributed by atoms with Crippen molar-refractivity contribution in [1.82, 2.24) is 30.6 Å². The fourth-order valence-electron chi connectivity index (χ4n) is 4.60. The Morgan fingerprint density at radius 3 is 2.60 bits per heavy atom. The third-order valence-electron chi connectivity index (χ3n) is 6.42. The first-order valence-corrected chi connectivity index (χ1v) is 12.1. The average Bonchev–Trinajstić information content (AvgIpc) is 3.35. The summed E-state index contributed by atoms with van der Waals surface area (Å²) in [6, 6.07) is 7.72. The van der Waals surface area contributed by atoms with Gasteiger partial charge in [-0.25, -0.2) is 9.97 Å². The standard InChI is InChI=1S/C25H34N8O2/c1-16(34)29-22(12-19-14-26-15-28-19)24(35)27-13-17-8-10-18(11-9-17)30-25-31-21-7-5-4-6-20(21)23(32-25)33(2)3/h4-7,14-15,17-18,22H,8-13H2,1-3H3,(H,26,28)(H,27,35)(H,29,34)(H,30,31,32). The summed E-state index contributed by atoms with van der Waals surface area (Å²) in [4.78, 5) is 42.8. The summed E-state index contributed by atoms with van der Waals surface area (Å²) in [5, 5.41) is 10.3. The second-order valence-electron chi connectivity index (χ2n) is 9.42. The first-order valence-electron chi connectivity index (χ1n) is 12.1. The number of aromatic nitrogens is 4. The van der Waals surface area contributed by atoms with Gasteiger partial charge >= 0.3 is 0 Å². The fourth-order valence-corrected chi connectivity index (χ4v) is 4.60. The molecule has 186 valence electrons. The van der Waals surface area contributed by atoms with Gasteiger partial charge in [-0.2, -0.15) is 4.98 Å². The van der Waals surface area contributed by atoms with Crippen LogP contribution in [0.3, 0.4) is 0 Å². The number of hydrogen-bond acceptors (Lipinski definition) is 7. The largest absolute Gasteiger partial charge is 0.362 e. The highest BCUT2D eigenvalue weighted by atomic mass is 16.2. The lowest BCUT2D eigenvalue weighted by Gasteiger charge is -2.30. The molecule has 1 aliphatic carbocycles. The van der Waals surface area contributed by atoms with E-state index in [9.17, 15) is 9.59 Å². The number of amides is 2. The van der Waals surface area contributed by atoms with Crippen LogP contribution in [0.25, 0.3) is 10.9 Å². The number of carbonyl (C=O) groups is 2. The van der Waals surface area contributed by atoms with Gasteiger partial charge in [-0.15, -0.1) is 0 Å². The van der Waals surface area contributed by atoms with Crippen LogP contribution in [0.15, 0.2) is 36.8 Å². The van der Waals surface area contributed by atoms with Crippen molar-refractivity contribution in [3.8, 4) is 0 Å². The molecule has 0 spiro atoms. The number of imidazole rings is 1. The molecule has 2 amide bonds. The predicted molar refractivity (Wildman–Crippen MR) is 136 cm³/mol. The number of para-hydroxylation sites is 1. The molecular weight excluding hydrogens is 444 g/mol. The Morgan fingerprint density at radius 1 is 1.14 bits per heavy atom. The quantitative estimate of drug-likeness (QED) is 0.371. The number of fused-ring (bicyclic) bond motifs is 1. The van der Waals surface area contributed by atoms with E-state index in [1.165, 1.54) is 6.92 Å². The lowest BCUT2D eigenvalue weighted by Crippen LogP contribution is -2.48. The molecule has 10 nitrogen and oxygen atoms in total. The Balaban J connectivity index is 1.29. The van der Waals surface area contributed by atoms with E-state index in [-0.39, 0.29) is 11.8 Å².